The smallest absolute Gasteiger partial charge is 0.191 e. The van der Waals surface area contributed by atoms with Crippen molar-refractivity contribution in [3.63, 3.8) is 0 Å². The average molecular weight is 374 g/mol. The van der Waals surface area contributed by atoms with Crippen molar-refractivity contribution in [2.75, 3.05) is 13.1 Å². The van der Waals surface area contributed by atoms with Crippen LogP contribution in [0.25, 0.3) is 0 Å². The highest BCUT2D eigenvalue weighted by Crippen LogP contribution is 2.27. The van der Waals surface area contributed by atoms with Crippen LogP contribution < -0.4 is 10.6 Å². The van der Waals surface area contributed by atoms with Crippen molar-refractivity contribution >= 4 is 29.9 Å². The Bertz CT molecular complexity index is 416. The molecule has 4 nitrogen and oxygen atoms in total. The summed E-state index contributed by atoms with van der Waals surface area (Å²) in [6.45, 7) is 6.71. The van der Waals surface area contributed by atoms with Crippen LogP contribution in [0.5, 0.6) is 0 Å². The van der Waals surface area contributed by atoms with Gasteiger partial charge in [0, 0.05) is 19.3 Å². The summed E-state index contributed by atoms with van der Waals surface area (Å²) in [5.41, 5.74) is 2.24. The molecule has 0 aliphatic heterocycles. The first-order valence-corrected chi connectivity index (χ1v) is 6.72. The second-order valence-corrected chi connectivity index (χ2v) is 4.79. The second kappa shape index (κ2) is 8.35. The third kappa shape index (κ3) is 5.76. The summed E-state index contributed by atoms with van der Waals surface area (Å²) >= 11 is 0. The molecular weight excluding hydrogens is 351 g/mol. The third-order valence-electron chi connectivity index (χ3n) is 3.10. The van der Waals surface area contributed by atoms with Gasteiger partial charge in [-0.05, 0) is 44.2 Å². The molecule has 0 radical (unpaired) electrons. The Morgan fingerprint density at radius 1 is 1.42 bits per heavy atom. The van der Waals surface area contributed by atoms with E-state index in [1.165, 1.54) is 18.4 Å². The molecule has 0 spiro atoms. The number of aromatic nitrogens is 1. The Morgan fingerprint density at radius 2 is 2.21 bits per heavy atom. The normalized spacial score (nSPS) is 14.7. The zero-order chi connectivity index (χ0) is 12.8. The van der Waals surface area contributed by atoms with E-state index in [0.717, 1.165) is 30.7 Å². The van der Waals surface area contributed by atoms with E-state index in [9.17, 15) is 0 Å². The lowest BCUT2D eigenvalue weighted by molar-refractivity contribution is 0.738. The predicted octanol–water partition coefficient (Wildman–Crippen LogP) is 2.47. The van der Waals surface area contributed by atoms with Crippen molar-refractivity contribution in [3.05, 3.63) is 29.6 Å². The van der Waals surface area contributed by atoms with E-state index in [-0.39, 0.29) is 24.0 Å². The van der Waals surface area contributed by atoms with Crippen LogP contribution in [0.3, 0.4) is 0 Å². The van der Waals surface area contributed by atoms with Gasteiger partial charge in [0.1, 0.15) is 0 Å². The first kappa shape index (κ1) is 16.2. The van der Waals surface area contributed by atoms with Gasteiger partial charge in [0.05, 0.1) is 12.2 Å². The summed E-state index contributed by atoms with van der Waals surface area (Å²) in [4.78, 5) is 8.93. The van der Waals surface area contributed by atoms with Gasteiger partial charge in [-0.25, -0.2) is 4.99 Å². The van der Waals surface area contributed by atoms with Gasteiger partial charge in [0.2, 0.25) is 0 Å². The molecule has 1 aromatic heterocycles. The molecule has 0 bridgehead atoms. The number of halogens is 1. The molecule has 1 aliphatic rings. The van der Waals surface area contributed by atoms with Crippen molar-refractivity contribution in [1.29, 1.82) is 0 Å². The molecule has 0 aromatic carbocycles. The van der Waals surface area contributed by atoms with Crippen molar-refractivity contribution in [1.82, 2.24) is 15.6 Å². The van der Waals surface area contributed by atoms with E-state index in [0.29, 0.717) is 6.54 Å². The van der Waals surface area contributed by atoms with Gasteiger partial charge in [-0.3, -0.25) is 4.98 Å². The van der Waals surface area contributed by atoms with E-state index in [1.807, 2.05) is 12.3 Å². The molecule has 106 valence electrons. The van der Waals surface area contributed by atoms with Gasteiger partial charge in [0.25, 0.3) is 0 Å². The zero-order valence-electron chi connectivity index (χ0n) is 11.6. The number of pyridine rings is 1. The minimum atomic E-state index is 0. The van der Waals surface area contributed by atoms with Crippen LogP contribution in [-0.4, -0.2) is 24.0 Å². The number of hydrogen-bond donors (Lipinski definition) is 2. The Kier molecular flexibility index (Phi) is 7.12. The third-order valence-corrected chi connectivity index (χ3v) is 3.10. The topological polar surface area (TPSA) is 49.3 Å². The fourth-order valence-corrected chi connectivity index (χ4v) is 1.74. The highest BCUT2D eigenvalue weighted by atomic mass is 127. The zero-order valence-corrected chi connectivity index (χ0v) is 14.0. The fraction of sp³-hybridized carbons (Fsp3) is 0.571. The molecule has 2 rings (SSSR count). The van der Waals surface area contributed by atoms with Crippen molar-refractivity contribution < 1.29 is 0 Å². The highest BCUT2D eigenvalue weighted by molar-refractivity contribution is 14.0. The minimum absolute atomic E-state index is 0. The predicted molar refractivity (Wildman–Crippen MR) is 89.9 cm³/mol. The highest BCUT2D eigenvalue weighted by Gasteiger charge is 2.20. The molecule has 1 fully saturated rings. The van der Waals surface area contributed by atoms with Crippen LogP contribution in [0.15, 0.2) is 23.3 Å². The van der Waals surface area contributed by atoms with Crippen molar-refractivity contribution in [2.45, 2.75) is 33.2 Å². The molecule has 2 N–H and O–H groups in total. The maximum absolute atomic E-state index is 4.58. The number of aliphatic imine (C=N–C) groups is 1. The Hall–Kier alpha value is -0.850. The lowest BCUT2D eigenvalue weighted by Gasteiger charge is -2.10. The SMILES string of the molecule is CCNC(=NCc1ncccc1C)NCC1CC1.I. The molecule has 1 heterocycles. The summed E-state index contributed by atoms with van der Waals surface area (Å²) in [6, 6.07) is 4.03. The van der Waals surface area contributed by atoms with Crippen LogP contribution >= 0.6 is 24.0 Å². The summed E-state index contributed by atoms with van der Waals surface area (Å²) in [7, 11) is 0. The van der Waals surface area contributed by atoms with E-state index in [2.05, 4.69) is 40.5 Å². The molecule has 1 aromatic rings. The Balaban J connectivity index is 0.00000180. The van der Waals surface area contributed by atoms with Crippen LogP contribution in [0.4, 0.5) is 0 Å². The number of hydrogen-bond acceptors (Lipinski definition) is 2. The monoisotopic (exact) mass is 374 g/mol. The summed E-state index contributed by atoms with van der Waals surface area (Å²) in [6.07, 6.45) is 4.53. The number of nitrogens with one attached hydrogen (secondary N) is 2. The first-order chi connectivity index (χ1) is 8.79. The Labute approximate surface area is 132 Å². The van der Waals surface area contributed by atoms with Gasteiger partial charge in [0.15, 0.2) is 5.96 Å². The van der Waals surface area contributed by atoms with E-state index < -0.39 is 0 Å². The van der Waals surface area contributed by atoms with Gasteiger partial charge in [-0.15, -0.1) is 24.0 Å². The minimum Gasteiger partial charge on any atom is -0.357 e. The second-order valence-electron chi connectivity index (χ2n) is 4.79. The summed E-state index contributed by atoms with van der Waals surface area (Å²) in [5.74, 6) is 1.75. The fourth-order valence-electron chi connectivity index (χ4n) is 1.74. The Morgan fingerprint density at radius 3 is 2.84 bits per heavy atom. The number of guanidine groups is 1. The maximum Gasteiger partial charge on any atom is 0.191 e. The molecule has 0 atom stereocenters. The number of rotatable bonds is 5. The van der Waals surface area contributed by atoms with Crippen LogP contribution in [0.1, 0.15) is 31.0 Å². The summed E-state index contributed by atoms with van der Waals surface area (Å²) < 4.78 is 0. The first-order valence-electron chi connectivity index (χ1n) is 6.72. The van der Waals surface area contributed by atoms with E-state index >= 15 is 0 Å². The largest absolute Gasteiger partial charge is 0.357 e. The number of nitrogens with zero attached hydrogens (tertiary/aromatic N) is 2. The molecule has 0 amide bonds. The summed E-state index contributed by atoms with van der Waals surface area (Å²) in [5, 5.41) is 6.65. The maximum atomic E-state index is 4.58. The lowest BCUT2D eigenvalue weighted by Crippen LogP contribution is -2.38. The molecule has 5 heteroatoms. The van der Waals surface area contributed by atoms with Crippen molar-refractivity contribution in [2.24, 2.45) is 10.9 Å². The lowest BCUT2D eigenvalue weighted by atomic mass is 10.2. The van der Waals surface area contributed by atoms with Crippen molar-refractivity contribution in [3.8, 4) is 0 Å². The molecule has 0 saturated heterocycles. The number of aryl methyl sites for hydroxylation is 1. The van der Waals surface area contributed by atoms with Gasteiger partial charge >= 0.3 is 0 Å². The molecule has 0 unspecified atom stereocenters. The van der Waals surface area contributed by atoms with E-state index in [4.69, 9.17) is 0 Å². The average Bonchev–Trinajstić information content (AvgIpc) is 3.18. The van der Waals surface area contributed by atoms with Gasteiger partial charge in [-0.2, -0.15) is 0 Å². The standard InChI is InChI=1S/C14H22N4.HI/c1-3-15-14(17-9-12-6-7-12)18-10-13-11(2)5-4-8-16-13;/h4-5,8,12H,3,6-7,9-10H2,1-2H3,(H2,15,17,18);1H. The molecule has 1 aliphatic carbocycles. The van der Waals surface area contributed by atoms with Gasteiger partial charge in [-0.1, -0.05) is 6.07 Å². The van der Waals surface area contributed by atoms with Crippen LogP contribution in [0, 0.1) is 12.8 Å². The van der Waals surface area contributed by atoms with E-state index in [1.54, 1.807) is 0 Å². The van der Waals surface area contributed by atoms with Gasteiger partial charge < -0.3 is 10.6 Å². The molecule has 19 heavy (non-hydrogen) atoms. The molecule has 1 saturated carbocycles. The van der Waals surface area contributed by atoms with Crippen LogP contribution in [0.2, 0.25) is 0 Å². The quantitative estimate of drug-likeness (QED) is 0.473. The van der Waals surface area contributed by atoms with Crippen LogP contribution in [-0.2, 0) is 6.54 Å². The molecular formula is C14H23IN4.